The van der Waals surface area contributed by atoms with Crippen LogP contribution in [-0.4, -0.2) is 55.5 Å². The Morgan fingerprint density at radius 3 is 2.26 bits per heavy atom. The Morgan fingerprint density at radius 1 is 0.914 bits per heavy atom. The summed E-state index contributed by atoms with van der Waals surface area (Å²) in [4.78, 5) is 36.1. The highest BCUT2D eigenvalue weighted by Crippen LogP contribution is 2.44. The molecule has 4 rings (SSSR count). The molecule has 2 aliphatic carbocycles. The minimum atomic E-state index is -1.05. The van der Waals surface area contributed by atoms with Crippen LogP contribution in [-0.2, 0) is 19.1 Å². The summed E-state index contributed by atoms with van der Waals surface area (Å²) in [6.07, 6.45) is 3.72. The fraction of sp³-hybridized carbons (Fsp3) is 0.444. The highest BCUT2D eigenvalue weighted by Gasteiger charge is 2.32. The van der Waals surface area contributed by atoms with Crippen LogP contribution >= 0.6 is 0 Å². The number of ether oxygens (including phenoxy) is 2. The summed E-state index contributed by atoms with van der Waals surface area (Å²) in [6, 6.07) is 16.1. The summed E-state index contributed by atoms with van der Waals surface area (Å²) >= 11 is 0. The first-order valence-electron chi connectivity index (χ1n) is 12.2. The van der Waals surface area contributed by atoms with Crippen molar-refractivity contribution < 1.29 is 29.0 Å². The molecule has 8 nitrogen and oxygen atoms in total. The number of amides is 2. The molecule has 1 fully saturated rings. The summed E-state index contributed by atoms with van der Waals surface area (Å²) in [5.41, 5.74) is 4.64. The molecule has 2 amide bonds. The summed E-state index contributed by atoms with van der Waals surface area (Å²) in [7, 11) is 0. The first kappa shape index (κ1) is 24.7. The van der Waals surface area contributed by atoms with E-state index in [0.29, 0.717) is 12.8 Å². The zero-order chi connectivity index (χ0) is 24.6. The van der Waals surface area contributed by atoms with Crippen molar-refractivity contribution in [1.82, 2.24) is 10.6 Å². The quantitative estimate of drug-likeness (QED) is 0.373. The molecule has 2 aromatic rings. The topological polar surface area (TPSA) is 114 Å². The number of benzene rings is 2. The van der Waals surface area contributed by atoms with E-state index in [1.807, 2.05) is 24.3 Å². The van der Waals surface area contributed by atoms with Crippen LogP contribution in [0.15, 0.2) is 48.5 Å². The van der Waals surface area contributed by atoms with Crippen LogP contribution in [0.2, 0.25) is 0 Å². The third-order valence-electron chi connectivity index (χ3n) is 6.77. The average Bonchev–Trinajstić information content (AvgIpc) is 2.98. The summed E-state index contributed by atoms with van der Waals surface area (Å²) in [5, 5.41) is 14.4. The maximum Gasteiger partial charge on any atom is 0.407 e. The van der Waals surface area contributed by atoms with Gasteiger partial charge in [0.25, 0.3) is 0 Å². The second-order valence-corrected chi connectivity index (χ2v) is 9.06. The van der Waals surface area contributed by atoms with Crippen molar-refractivity contribution in [3.05, 3.63) is 59.7 Å². The smallest absolute Gasteiger partial charge is 0.407 e. The Morgan fingerprint density at radius 2 is 1.57 bits per heavy atom. The highest BCUT2D eigenvalue weighted by atomic mass is 16.5. The zero-order valence-corrected chi connectivity index (χ0v) is 19.7. The van der Waals surface area contributed by atoms with Crippen molar-refractivity contribution in [3.63, 3.8) is 0 Å². The van der Waals surface area contributed by atoms with E-state index < -0.39 is 18.7 Å². The van der Waals surface area contributed by atoms with Crippen molar-refractivity contribution in [2.45, 2.75) is 44.1 Å². The highest BCUT2D eigenvalue weighted by molar-refractivity contribution is 5.81. The van der Waals surface area contributed by atoms with E-state index in [1.54, 1.807) is 0 Å². The van der Waals surface area contributed by atoms with Gasteiger partial charge in [-0.25, -0.2) is 9.59 Å². The van der Waals surface area contributed by atoms with Gasteiger partial charge in [0.2, 0.25) is 5.91 Å². The molecule has 0 bridgehead atoms. The van der Waals surface area contributed by atoms with Gasteiger partial charge in [-0.1, -0.05) is 67.8 Å². The second-order valence-electron chi connectivity index (χ2n) is 9.06. The lowest BCUT2D eigenvalue weighted by atomic mass is 9.94. The van der Waals surface area contributed by atoms with E-state index >= 15 is 0 Å². The van der Waals surface area contributed by atoms with Crippen molar-refractivity contribution in [2.75, 3.05) is 26.4 Å². The van der Waals surface area contributed by atoms with Crippen molar-refractivity contribution in [1.29, 1.82) is 0 Å². The molecule has 35 heavy (non-hydrogen) atoms. The van der Waals surface area contributed by atoms with Gasteiger partial charge in [0.1, 0.15) is 13.2 Å². The normalized spacial score (nSPS) is 19.2. The molecule has 186 valence electrons. The lowest BCUT2D eigenvalue weighted by Gasteiger charge is -2.25. The number of carbonyl (C=O) groups is 3. The van der Waals surface area contributed by atoms with Crippen LogP contribution in [0.1, 0.15) is 49.1 Å². The molecule has 0 heterocycles. The Labute approximate surface area is 205 Å². The number of nitrogens with one attached hydrogen (secondary N) is 2. The third kappa shape index (κ3) is 6.19. The van der Waals surface area contributed by atoms with Crippen LogP contribution in [0.4, 0.5) is 4.79 Å². The van der Waals surface area contributed by atoms with Gasteiger partial charge in [-0.05, 0) is 35.1 Å². The van der Waals surface area contributed by atoms with Crippen LogP contribution in [0.3, 0.4) is 0 Å². The van der Waals surface area contributed by atoms with Gasteiger partial charge in [0.05, 0.1) is 12.5 Å². The van der Waals surface area contributed by atoms with Gasteiger partial charge >= 0.3 is 12.1 Å². The molecule has 0 aromatic heterocycles. The molecule has 0 radical (unpaired) electrons. The minimum Gasteiger partial charge on any atom is -0.480 e. The number of aliphatic carboxylic acids is 1. The third-order valence-corrected chi connectivity index (χ3v) is 6.77. The molecule has 8 heteroatoms. The molecule has 0 unspecified atom stereocenters. The predicted octanol–water partition coefficient (Wildman–Crippen LogP) is 3.69. The molecule has 2 aliphatic rings. The van der Waals surface area contributed by atoms with E-state index in [2.05, 4.69) is 34.9 Å². The van der Waals surface area contributed by atoms with Crippen molar-refractivity contribution in [2.24, 2.45) is 5.92 Å². The second kappa shape index (κ2) is 11.8. The van der Waals surface area contributed by atoms with Gasteiger partial charge in [-0.15, -0.1) is 0 Å². The van der Waals surface area contributed by atoms with Gasteiger partial charge < -0.3 is 25.2 Å². The van der Waals surface area contributed by atoms with E-state index in [0.717, 1.165) is 30.4 Å². The number of carboxylic acids is 1. The van der Waals surface area contributed by atoms with Crippen LogP contribution in [0, 0.1) is 5.92 Å². The average molecular weight is 481 g/mol. The van der Waals surface area contributed by atoms with E-state index in [1.165, 1.54) is 11.1 Å². The SMILES string of the molecule is O=C(O)COCCNC(=O)[C@@H]1CCCCC[C@@H]1NC(=O)OCC1c2ccccc2-c2ccccc21. The Kier molecular flexibility index (Phi) is 8.36. The molecule has 0 saturated heterocycles. The predicted molar refractivity (Wildman–Crippen MR) is 130 cm³/mol. The monoisotopic (exact) mass is 480 g/mol. The first-order valence-corrected chi connectivity index (χ1v) is 12.2. The molecule has 3 N–H and O–H groups in total. The lowest BCUT2D eigenvalue weighted by molar-refractivity contribution is -0.142. The first-order chi connectivity index (χ1) is 17.0. The van der Waals surface area contributed by atoms with Gasteiger partial charge in [0.15, 0.2) is 0 Å². The molecular weight excluding hydrogens is 448 g/mol. The molecular formula is C27H32N2O6. The Balaban J connectivity index is 1.33. The van der Waals surface area contributed by atoms with Gasteiger partial charge in [0, 0.05) is 18.5 Å². The molecule has 0 spiro atoms. The van der Waals surface area contributed by atoms with Crippen LogP contribution < -0.4 is 10.6 Å². The van der Waals surface area contributed by atoms with Crippen molar-refractivity contribution in [3.8, 4) is 11.1 Å². The number of fused-ring (bicyclic) bond motifs is 3. The maximum absolute atomic E-state index is 12.8. The molecule has 0 aliphatic heterocycles. The largest absolute Gasteiger partial charge is 0.480 e. The van der Waals surface area contributed by atoms with E-state index in [4.69, 9.17) is 14.6 Å². The zero-order valence-electron chi connectivity index (χ0n) is 19.7. The summed E-state index contributed by atoms with van der Waals surface area (Å²) in [5.74, 6) is -1.59. The Hall–Kier alpha value is -3.39. The number of rotatable bonds is 9. The van der Waals surface area contributed by atoms with Gasteiger partial charge in [-0.2, -0.15) is 0 Å². The number of carboxylic acid groups (broad SMARTS) is 1. The molecule has 1 saturated carbocycles. The van der Waals surface area contributed by atoms with Crippen LogP contribution in [0.5, 0.6) is 0 Å². The number of hydrogen-bond donors (Lipinski definition) is 3. The Bertz CT molecular complexity index is 1010. The fourth-order valence-electron chi connectivity index (χ4n) is 5.12. The van der Waals surface area contributed by atoms with E-state index in [-0.39, 0.29) is 43.5 Å². The van der Waals surface area contributed by atoms with E-state index in [9.17, 15) is 14.4 Å². The number of hydrogen-bond acceptors (Lipinski definition) is 5. The number of carbonyl (C=O) groups excluding carboxylic acids is 2. The van der Waals surface area contributed by atoms with Crippen LogP contribution in [0.25, 0.3) is 11.1 Å². The number of alkyl carbamates (subject to hydrolysis) is 1. The lowest BCUT2D eigenvalue weighted by Crippen LogP contribution is -2.47. The summed E-state index contributed by atoms with van der Waals surface area (Å²) in [6.45, 7) is 0.172. The maximum atomic E-state index is 12.8. The summed E-state index contributed by atoms with van der Waals surface area (Å²) < 4.78 is 10.7. The fourth-order valence-corrected chi connectivity index (χ4v) is 5.12. The molecule has 2 atom stereocenters. The van der Waals surface area contributed by atoms with Crippen molar-refractivity contribution >= 4 is 18.0 Å². The standard InChI is InChI=1S/C27H32N2O6/c30-25(31)17-34-15-14-28-26(32)22-12-2-1-3-13-24(22)29-27(33)35-16-23-20-10-6-4-8-18(20)19-9-5-7-11-21(19)23/h4-11,22-24H,1-3,12-17H2,(H,28,32)(H,29,33)(H,30,31)/t22-,24+/m1/s1. The van der Waals surface area contributed by atoms with Gasteiger partial charge in [-0.3, -0.25) is 4.79 Å². The minimum absolute atomic E-state index is 0.0211. The molecule has 2 aromatic carbocycles.